The fourth-order valence-electron chi connectivity index (χ4n) is 2.43. The van der Waals surface area contributed by atoms with E-state index in [1.165, 1.54) is 18.2 Å². The SMILES string of the molecule is CNC(Cc1c(F)cccc1F)c1cc(C)ccc1OC. The average molecular weight is 291 g/mol. The molecule has 1 N–H and O–H groups in total. The predicted octanol–water partition coefficient (Wildman–Crippen LogP) is 3.79. The van der Waals surface area contributed by atoms with Gasteiger partial charge in [-0.25, -0.2) is 8.78 Å². The quantitative estimate of drug-likeness (QED) is 0.905. The lowest BCUT2D eigenvalue weighted by Crippen LogP contribution is -2.21. The molecule has 112 valence electrons. The molecule has 2 aromatic carbocycles. The topological polar surface area (TPSA) is 21.3 Å². The highest BCUT2D eigenvalue weighted by atomic mass is 19.1. The van der Waals surface area contributed by atoms with E-state index in [1.54, 1.807) is 14.2 Å². The van der Waals surface area contributed by atoms with Crippen LogP contribution in [0.1, 0.15) is 22.7 Å². The molecular formula is C17H19F2NO. The lowest BCUT2D eigenvalue weighted by Gasteiger charge is -2.20. The molecule has 0 aliphatic rings. The van der Waals surface area contributed by atoms with Crippen LogP contribution < -0.4 is 10.1 Å². The van der Waals surface area contributed by atoms with Crippen LogP contribution in [0, 0.1) is 18.6 Å². The van der Waals surface area contributed by atoms with Crippen LogP contribution in [0.15, 0.2) is 36.4 Å². The van der Waals surface area contributed by atoms with E-state index < -0.39 is 11.6 Å². The molecule has 4 heteroatoms. The van der Waals surface area contributed by atoms with Crippen molar-refractivity contribution >= 4 is 0 Å². The van der Waals surface area contributed by atoms with E-state index in [0.717, 1.165) is 11.1 Å². The van der Waals surface area contributed by atoms with E-state index in [0.29, 0.717) is 5.75 Å². The van der Waals surface area contributed by atoms with Crippen molar-refractivity contribution in [1.29, 1.82) is 0 Å². The Morgan fingerprint density at radius 2 is 1.81 bits per heavy atom. The van der Waals surface area contributed by atoms with Gasteiger partial charge in [-0.2, -0.15) is 0 Å². The zero-order valence-electron chi connectivity index (χ0n) is 12.4. The molecule has 0 aliphatic carbocycles. The number of likely N-dealkylation sites (N-methyl/N-ethyl adjacent to an activating group) is 1. The van der Waals surface area contributed by atoms with Gasteiger partial charge in [0.1, 0.15) is 17.4 Å². The Hall–Kier alpha value is -1.94. The molecule has 0 amide bonds. The van der Waals surface area contributed by atoms with Crippen LogP contribution in [0.3, 0.4) is 0 Å². The van der Waals surface area contributed by atoms with Gasteiger partial charge in [-0.15, -0.1) is 0 Å². The van der Waals surface area contributed by atoms with E-state index >= 15 is 0 Å². The van der Waals surface area contributed by atoms with Crippen molar-refractivity contribution < 1.29 is 13.5 Å². The molecule has 0 radical (unpaired) electrons. The van der Waals surface area contributed by atoms with E-state index in [2.05, 4.69) is 5.32 Å². The molecule has 0 spiro atoms. The van der Waals surface area contributed by atoms with Gasteiger partial charge < -0.3 is 10.1 Å². The van der Waals surface area contributed by atoms with Crippen LogP contribution in [-0.2, 0) is 6.42 Å². The monoisotopic (exact) mass is 291 g/mol. The average Bonchev–Trinajstić information content (AvgIpc) is 2.47. The van der Waals surface area contributed by atoms with Gasteiger partial charge in [0.2, 0.25) is 0 Å². The third-order valence-electron chi connectivity index (χ3n) is 3.58. The van der Waals surface area contributed by atoms with E-state index in [-0.39, 0.29) is 18.0 Å². The molecule has 0 bridgehead atoms. The highest BCUT2D eigenvalue weighted by Gasteiger charge is 2.19. The highest BCUT2D eigenvalue weighted by Crippen LogP contribution is 2.29. The molecule has 2 aromatic rings. The van der Waals surface area contributed by atoms with Crippen LogP contribution in [0.4, 0.5) is 8.78 Å². The minimum Gasteiger partial charge on any atom is -0.496 e. The van der Waals surface area contributed by atoms with Crippen LogP contribution in [0.2, 0.25) is 0 Å². The molecule has 0 heterocycles. The Balaban J connectivity index is 2.39. The Morgan fingerprint density at radius 1 is 1.14 bits per heavy atom. The van der Waals surface area contributed by atoms with Crippen LogP contribution >= 0.6 is 0 Å². The van der Waals surface area contributed by atoms with Crippen molar-refractivity contribution in [3.63, 3.8) is 0 Å². The van der Waals surface area contributed by atoms with Crippen molar-refractivity contribution in [3.05, 3.63) is 64.7 Å². The van der Waals surface area contributed by atoms with Gasteiger partial charge in [0.25, 0.3) is 0 Å². The maximum atomic E-state index is 13.8. The zero-order valence-corrected chi connectivity index (χ0v) is 12.4. The molecule has 1 atom stereocenters. The number of aryl methyl sites for hydroxylation is 1. The summed E-state index contributed by atoms with van der Waals surface area (Å²) in [6.07, 6.45) is 0.217. The van der Waals surface area contributed by atoms with Crippen LogP contribution in [-0.4, -0.2) is 14.2 Å². The number of nitrogens with one attached hydrogen (secondary N) is 1. The zero-order chi connectivity index (χ0) is 15.4. The van der Waals surface area contributed by atoms with Gasteiger partial charge in [-0.05, 0) is 38.6 Å². The third kappa shape index (κ3) is 3.39. The van der Waals surface area contributed by atoms with Gasteiger partial charge in [0, 0.05) is 17.2 Å². The normalized spacial score (nSPS) is 12.2. The van der Waals surface area contributed by atoms with Gasteiger partial charge in [0.05, 0.1) is 7.11 Å². The van der Waals surface area contributed by atoms with Gasteiger partial charge >= 0.3 is 0 Å². The first-order chi connectivity index (χ1) is 10.1. The Bertz CT molecular complexity index is 608. The number of benzene rings is 2. The molecule has 0 aromatic heterocycles. The second kappa shape index (κ2) is 6.68. The highest BCUT2D eigenvalue weighted by molar-refractivity contribution is 5.40. The minimum atomic E-state index is -0.526. The minimum absolute atomic E-state index is 0.0837. The number of hydrogen-bond acceptors (Lipinski definition) is 2. The molecule has 2 nitrogen and oxygen atoms in total. The summed E-state index contributed by atoms with van der Waals surface area (Å²) >= 11 is 0. The number of rotatable bonds is 5. The lowest BCUT2D eigenvalue weighted by atomic mass is 9.96. The number of hydrogen-bond donors (Lipinski definition) is 1. The third-order valence-corrected chi connectivity index (χ3v) is 3.58. The fourth-order valence-corrected chi connectivity index (χ4v) is 2.43. The standard InChI is InChI=1S/C17H19F2NO/c1-11-7-8-17(21-3)13(9-11)16(20-2)10-12-14(18)5-4-6-15(12)19/h4-9,16,20H,10H2,1-3H3. The number of methoxy groups -OCH3 is 1. The van der Waals surface area contributed by atoms with E-state index in [4.69, 9.17) is 4.74 Å². The molecule has 2 rings (SSSR count). The predicted molar refractivity (Wildman–Crippen MR) is 79.6 cm³/mol. The first-order valence-electron chi connectivity index (χ1n) is 6.81. The Kier molecular flexibility index (Phi) is 4.91. The summed E-state index contributed by atoms with van der Waals surface area (Å²) in [5.41, 5.74) is 2.04. The second-order valence-electron chi connectivity index (χ2n) is 4.99. The lowest BCUT2D eigenvalue weighted by molar-refractivity contribution is 0.399. The second-order valence-corrected chi connectivity index (χ2v) is 4.99. The molecule has 1 unspecified atom stereocenters. The van der Waals surface area contributed by atoms with Gasteiger partial charge in [-0.3, -0.25) is 0 Å². The Morgan fingerprint density at radius 3 is 2.38 bits per heavy atom. The summed E-state index contributed by atoms with van der Waals surface area (Å²) in [5, 5.41) is 3.11. The molecule has 21 heavy (non-hydrogen) atoms. The van der Waals surface area contributed by atoms with Crippen molar-refractivity contribution in [2.75, 3.05) is 14.2 Å². The molecule has 0 saturated heterocycles. The Labute approximate surface area is 123 Å². The summed E-state index contributed by atoms with van der Waals surface area (Å²) in [6.45, 7) is 1.97. The summed E-state index contributed by atoms with van der Waals surface area (Å²) in [6, 6.07) is 9.48. The van der Waals surface area contributed by atoms with E-state index in [9.17, 15) is 8.78 Å². The molecule has 0 saturated carbocycles. The summed E-state index contributed by atoms with van der Waals surface area (Å²) in [5.74, 6) is -0.347. The maximum Gasteiger partial charge on any atom is 0.129 e. The maximum absolute atomic E-state index is 13.8. The molecular weight excluding hydrogens is 272 g/mol. The van der Waals surface area contributed by atoms with Gasteiger partial charge in [0.15, 0.2) is 0 Å². The van der Waals surface area contributed by atoms with Gasteiger partial charge in [-0.1, -0.05) is 23.8 Å². The smallest absolute Gasteiger partial charge is 0.129 e. The largest absolute Gasteiger partial charge is 0.496 e. The number of halogens is 2. The summed E-state index contributed by atoms with van der Waals surface area (Å²) in [4.78, 5) is 0. The number of ether oxygens (including phenoxy) is 1. The molecule has 0 aliphatic heterocycles. The van der Waals surface area contributed by atoms with Crippen LogP contribution in [0.25, 0.3) is 0 Å². The first kappa shape index (κ1) is 15.4. The fraction of sp³-hybridized carbons (Fsp3) is 0.294. The summed E-state index contributed by atoms with van der Waals surface area (Å²) in [7, 11) is 3.36. The van der Waals surface area contributed by atoms with Crippen molar-refractivity contribution in [3.8, 4) is 5.75 Å². The van der Waals surface area contributed by atoms with E-state index in [1.807, 2.05) is 25.1 Å². The van der Waals surface area contributed by atoms with Crippen molar-refractivity contribution in [2.24, 2.45) is 0 Å². The van der Waals surface area contributed by atoms with Crippen molar-refractivity contribution in [1.82, 2.24) is 5.32 Å². The summed E-state index contributed by atoms with van der Waals surface area (Å²) < 4.78 is 33.0. The first-order valence-corrected chi connectivity index (χ1v) is 6.81. The molecule has 0 fully saturated rings. The van der Waals surface area contributed by atoms with Crippen LogP contribution in [0.5, 0.6) is 5.75 Å². The van der Waals surface area contributed by atoms with Crippen molar-refractivity contribution in [2.45, 2.75) is 19.4 Å².